The maximum absolute atomic E-state index is 13.0. The lowest BCUT2D eigenvalue weighted by Crippen LogP contribution is -2.24. The number of methoxy groups -OCH3 is 1. The van der Waals surface area contributed by atoms with E-state index in [1.807, 2.05) is 28.7 Å². The van der Waals surface area contributed by atoms with E-state index in [9.17, 15) is 4.79 Å². The minimum Gasteiger partial charge on any atom is -0.385 e. The molecular formula is C22H24N4O2S. The largest absolute Gasteiger partial charge is 0.385 e. The van der Waals surface area contributed by atoms with Gasteiger partial charge in [-0.05, 0) is 38.0 Å². The van der Waals surface area contributed by atoms with Gasteiger partial charge in [-0.3, -0.25) is 13.8 Å². The quantitative estimate of drug-likeness (QED) is 0.342. The van der Waals surface area contributed by atoms with E-state index in [0.29, 0.717) is 24.3 Å². The number of aryl methyl sites for hydroxylation is 3. The van der Waals surface area contributed by atoms with E-state index in [0.717, 1.165) is 22.8 Å². The first-order chi connectivity index (χ1) is 14.1. The summed E-state index contributed by atoms with van der Waals surface area (Å²) in [5, 5.41) is 10.2. The van der Waals surface area contributed by atoms with Crippen molar-refractivity contribution < 1.29 is 4.74 Å². The van der Waals surface area contributed by atoms with Gasteiger partial charge in [0.15, 0.2) is 5.16 Å². The second-order valence-corrected chi connectivity index (χ2v) is 8.17. The van der Waals surface area contributed by atoms with Crippen LogP contribution in [-0.4, -0.2) is 32.9 Å². The number of hydrogen-bond donors (Lipinski definition) is 0. The lowest BCUT2D eigenvalue weighted by atomic mass is 10.1. The summed E-state index contributed by atoms with van der Waals surface area (Å²) in [5.41, 5.74) is 4.56. The molecule has 0 unspecified atom stereocenters. The molecule has 0 aliphatic rings. The van der Waals surface area contributed by atoms with Crippen LogP contribution >= 0.6 is 11.8 Å². The topological polar surface area (TPSA) is 61.4 Å². The van der Waals surface area contributed by atoms with Crippen molar-refractivity contribution in [1.29, 1.82) is 0 Å². The van der Waals surface area contributed by atoms with Crippen LogP contribution in [0.2, 0.25) is 0 Å². The first-order valence-electron chi connectivity index (χ1n) is 9.64. The molecule has 0 aliphatic heterocycles. The Hall–Kier alpha value is -2.64. The Bertz CT molecular complexity index is 1210. The summed E-state index contributed by atoms with van der Waals surface area (Å²) >= 11 is 1.63. The Labute approximate surface area is 173 Å². The third-order valence-electron chi connectivity index (χ3n) is 4.86. The molecule has 0 N–H and O–H groups in total. The molecule has 6 nitrogen and oxygen atoms in total. The zero-order chi connectivity index (χ0) is 20.4. The van der Waals surface area contributed by atoms with Crippen molar-refractivity contribution in [3.05, 3.63) is 69.5 Å². The highest BCUT2D eigenvalue weighted by Gasteiger charge is 2.16. The van der Waals surface area contributed by atoms with Crippen LogP contribution in [0.25, 0.3) is 16.7 Å². The van der Waals surface area contributed by atoms with Gasteiger partial charge >= 0.3 is 0 Å². The van der Waals surface area contributed by atoms with Gasteiger partial charge in [-0.25, -0.2) is 0 Å². The van der Waals surface area contributed by atoms with E-state index >= 15 is 0 Å². The molecule has 0 atom stereocenters. The third kappa shape index (κ3) is 3.93. The number of fused-ring (bicyclic) bond motifs is 3. The van der Waals surface area contributed by atoms with Crippen molar-refractivity contribution in [2.75, 3.05) is 13.7 Å². The summed E-state index contributed by atoms with van der Waals surface area (Å²) in [5.74, 6) is 1.37. The highest BCUT2D eigenvalue weighted by Crippen LogP contribution is 2.25. The lowest BCUT2D eigenvalue weighted by molar-refractivity contribution is 0.190. The minimum absolute atomic E-state index is 0.0394. The van der Waals surface area contributed by atoms with Crippen LogP contribution in [0.4, 0.5) is 0 Å². The Kier molecular flexibility index (Phi) is 5.69. The van der Waals surface area contributed by atoms with Crippen molar-refractivity contribution in [2.24, 2.45) is 0 Å². The van der Waals surface area contributed by atoms with Gasteiger partial charge in [0.2, 0.25) is 5.78 Å². The van der Waals surface area contributed by atoms with E-state index in [1.165, 1.54) is 16.7 Å². The average Bonchev–Trinajstić information content (AvgIpc) is 3.12. The third-order valence-corrected chi connectivity index (χ3v) is 5.86. The molecule has 0 amide bonds. The number of aromatic nitrogens is 4. The fourth-order valence-corrected chi connectivity index (χ4v) is 4.57. The number of nitrogens with zero attached hydrogens (tertiary/aromatic N) is 4. The van der Waals surface area contributed by atoms with E-state index in [1.54, 1.807) is 23.4 Å². The smallest absolute Gasteiger partial charge is 0.262 e. The van der Waals surface area contributed by atoms with Crippen LogP contribution < -0.4 is 5.56 Å². The maximum atomic E-state index is 13.0. The van der Waals surface area contributed by atoms with Crippen LogP contribution in [0.5, 0.6) is 0 Å². The maximum Gasteiger partial charge on any atom is 0.262 e. The summed E-state index contributed by atoms with van der Waals surface area (Å²) in [6.45, 7) is 5.36. The highest BCUT2D eigenvalue weighted by atomic mass is 32.2. The van der Waals surface area contributed by atoms with E-state index in [2.05, 4.69) is 42.2 Å². The Morgan fingerprint density at radius 2 is 1.83 bits per heavy atom. The van der Waals surface area contributed by atoms with Gasteiger partial charge in [0.25, 0.3) is 5.56 Å². The fourth-order valence-electron chi connectivity index (χ4n) is 3.70. The van der Waals surface area contributed by atoms with Crippen LogP contribution in [0.1, 0.15) is 23.1 Å². The van der Waals surface area contributed by atoms with Crippen molar-refractivity contribution in [2.45, 2.75) is 37.7 Å². The normalized spacial score (nSPS) is 11.6. The van der Waals surface area contributed by atoms with Gasteiger partial charge in [-0.1, -0.05) is 53.2 Å². The average molecular weight is 409 g/mol. The predicted octanol–water partition coefficient (Wildman–Crippen LogP) is 3.99. The SMILES string of the molecule is COCCCn1c(=O)c2ccccc2n2c(SCc3cc(C)cc(C)c3)nnc12. The highest BCUT2D eigenvalue weighted by molar-refractivity contribution is 7.98. The van der Waals surface area contributed by atoms with Gasteiger partial charge in [0, 0.05) is 26.0 Å². The standard InChI is InChI=1S/C22H24N4O2S/c1-15-11-16(2)13-17(12-15)14-29-22-24-23-21-25(9-6-10-28-3)20(27)18-7-4-5-8-19(18)26(21)22/h4-5,7-8,11-13H,6,9-10,14H2,1-3H3. The molecule has 0 radical (unpaired) electrons. The summed E-state index contributed by atoms with van der Waals surface area (Å²) in [6, 6.07) is 14.2. The molecule has 2 heterocycles. The number of rotatable bonds is 7. The van der Waals surface area contributed by atoms with Crippen molar-refractivity contribution in [3.63, 3.8) is 0 Å². The first kappa shape index (κ1) is 19.7. The molecule has 4 aromatic rings. The van der Waals surface area contributed by atoms with Crippen LogP contribution in [0.3, 0.4) is 0 Å². The molecule has 4 rings (SSSR count). The van der Waals surface area contributed by atoms with Gasteiger partial charge in [0.1, 0.15) is 0 Å². The van der Waals surface area contributed by atoms with Gasteiger partial charge in [0.05, 0.1) is 10.9 Å². The van der Waals surface area contributed by atoms with E-state index in [-0.39, 0.29) is 5.56 Å². The molecule has 150 valence electrons. The summed E-state index contributed by atoms with van der Waals surface area (Å²) in [7, 11) is 1.66. The molecule has 0 saturated carbocycles. The molecule has 7 heteroatoms. The molecule has 0 saturated heterocycles. The zero-order valence-electron chi connectivity index (χ0n) is 16.9. The number of para-hydroxylation sites is 1. The molecule has 29 heavy (non-hydrogen) atoms. The molecular weight excluding hydrogens is 384 g/mol. The summed E-state index contributed by atoms with van der Waals surface area (Å²) in [6.07, 6.45) is 0.738. The van der Waals surface area contributed by atoms with Gasteiger partial charge < -0.3 is 4.74 Å². The van der Waals surface area contributed by atoms with Gasteiger partial charge in [-0.2, -0.15) is 0 Å². The van der Waals surface area contributed by atoms with Crippen LogP contribution in [0, 0.1) is 13.8 Å². The van der Waals surface area contributed by atoms with Crippen LogP contribution in [-0.2, 0) is 17.0 Å². The molecule has 0 bridgehead atoms. The lowest BCUT2D eigenvalue weighted by Gasteiger charge is -2.11. The van der Waals surface area contributed by atoms with Crippen molar-refractivity contribution in [3.8, 4) is 0 Å². The predicted molar refractivity (Wildman–Crippen MR) is 117 cm³/mol. The van der Waals surface area contributed by atoms with Crippen LogP contribution in [0.15, 0.2) is 52.4 Å². The van der Waals surface area contributed by atoms with Gasteiger partial charge in [-0.15, -0.1) is 10.2 Å². The first-order valence-corrected chi connectivity index (χ1v) is 10.6. The molecule has 0 aliphatic carbocycles. The second kappa shape index (κ2) is 8.39. The van der Waals surface area contributed by atoms with Crippen molar-refractivity contribution in [1.82, 2.24) is 19.2 Å². The molecule has 0 spiro atoms. The number of hydrogen-bond acceptors (Lipinski definition) is 5. The minimum atomic E-state index is -0.0394. The summed E-state index contributed by atoms with van der Waals surface area (Å²) in [4.78, 5) is 13.0. The van der Waals surface area contributed by atoms with E-state index in [4.69, 9.17) is 4.74 Å². The number of benzene rings is 2. The Balaban J connectivity index is 1.78. The summed E-state index contributed by atoms with van der Waals surface area (Å²) < 4.78 is 8.85. The number of thioether (sulfide) groups is 1. The fraction of sp³-hybridized carbons (Fsp3) is 0.318. The zero-order valence-corrected chi connectivity index (χ0v) is 17.7. The molecule has 2 aromatic heterocycles. The van der Waals surface area contributed by atoms with E-state index < -0.39 is 0 Å². The van der Waals surface area contributed by atoms with Crippen molar-refractivity contribution >= 4 is 28.4 Å². The second-order valence-electron chi connectivity index (χ2n) is 7.22. The molecule has 2 aromatic carbocycles. The molecule has 0 fully saturated rings. The monoisotopic (exact) mass is 408 g/mol. The Morgan fingerprint density at radius 3 is 2.59 bits per heavy atom. The Morgan fingerprint density at radius 1 is 1.07 bits per heavy atom. The number of ether oxygens (including phenoxy) is 1.